The van der Waals surface area contributed by atoms with Crippen LogP contribution >= 0.6 is 0 Å². The Labute approximate surface area is 178 Å². The molecule has 11 heteroatoms. The van der Waals surface area contributed by atoms with E-state index >= 15 is 0 Å². The van der Waals surface area contributed by atoms with Gasteiger partial charge in [-0.1, -0.05) is 12.1 Å². The highest BCUT2D eigenvalue weighted by Gasteiger charge is 2.43. The Hall–Kier alpha value is -2.82. The normalized spacial score (nSPS) is 16.0. The van der Waals surface area contributed by atoms with Crippen LogP contribution < -0.4 is 10.5 Å². The second-order valence-corrected chi connectivity index (χ2v) is 8.13. The molecule has 1 aromatic carbocycles. The number of alkyl halides is 3. The zero-order valence-electron chi connectivity index (χ0n) is 17.6. The minimum absolute atomic E-state index is 0.0660. The molecule has 1 saturated heterocycles. The van der Waals surface area contributed by atoms with Crippen LogP contribution in [-0.2, 0) is 20.7 Å². The van der Waals surface area contributed by atoms with E-state index in [-0.39, 0.29) is 38.3 Å². The number of hydrogen-bond donors (Lipinski definition) is 1. The van der Waals surface area contributed by atoms with E-state index in [4.69, 9.17) is 15.2 Å². The van der Waals surface area contributed by atoms with Crippen LogP contribution in [0.4, 0.5) is 18.0 Å². The third kappa shape index (κ3) is 7.42. The van der Waals surface area contributed by atoms with Crippen LogP contribution in [0.25, 0.3) is 0 Å². The fraction of sp³-hybridized carbons (Fsp3) is 0.550. The Bertz CT molecular complexity index is 798. The molecule has 0 saturated carbocycles. The maximum atomic E-state index is 12.5. The molecule has 0 radical (unpaired) electrons. The second-order valence-electron chi connectivity index (χ2n) is 8.13. The number of carbonyl (C=O) groups excluding carboxylic acids is 3. The van der Waals surface area contributed by atoms with Crippen molar-refractivity contribution in [2.45, 2.75) is 45.0 Å². The molecule has 172 valence electrons. The lowest BCUT2D eigenvalue weighted by atomic mass is 10.1. The van der Waals surface area contributed by atoms with Gasteiger partial charge in [-0.05, 0) is 44.9 Å². The first-order valence-electron chi connectivity index (χ1n) is 9.66. The highest BCUT2D eigenvalue weighted by molar-refractivity contribution is 5.82. The molecule has 0 unspecified atom stereocenters. The Morgan fingerprint density at radius 3 is 2.00 bits per heavy atom. The first-order chi connectivity index (χ1) is 14.3. The van der Waals surface area contributed by atoms with Crippen molar-refractivity contribution in [2.75, 3.05) is 26.2 Å². The number of halogens is 3. The lowest BCUT2D eigenvalue weighted by Gasteiger charge is -2.34. The molecule has 1 aliphatic rings. The summed E-state index contributed by atoms with van der Waals surface area (Å²) in [6.07, 6.45) is -5.42. The van der Waals surface area contributed by atoms with Gasteiger partial charge < -0.3 is 25.0 Å². The first-order valence-corrected chi connectivity index (χ1v) is 9.66. The molecular weight excluding hydrogens is 419 g/mol. The van der Waals surface area contributed by atoms with E-state index in [9.17, 15) is 27.6 Å². The number of hydrogen-bond acceptors (Lipinski definition) is 6. The van der Waals surface area contributed by atoms with Gasteiger partial charge in [0.25, 0.3) is 0 Å². The lowest BCUT2D eigenvalue weighted by molar-refractivity contribution is -0.186. The summed E-state index contributed by atoms with van der Waals surface area (Å²) < 4.78 is 47.9. The summed E-state index contributed by atoms with van der Waals surface area (Å²) in [6.45, 7) is 4.65. The maximum absolute atomic E-state index is 12.5. The van der Waals surface area contributed by atoms with Crippen molar-refractivity contribution in [3.8, 4) is 5.75 Å². The molecule has 1 atom stereocenters. The van der Waals surface area contributed by atoms with Gasteiger partial charge in [0.15, 0.2) is 0 Å². The van der Waals surface area contributed by atoms with Crippen molar-refractivity contribution in [1.82, 2.24) is 9.80 Å². The van der Waals surface area contributed by atoms with Gasteiger partial charge in [0.05, 0.1) is 0 Å². The van der Waals surface area contributed by atoms with Gasteiger partial charge in [-0.2, -0.15) is 13.2 Å². The average molecular weight is 445 g/mol. The third-order valence-electron chi connectivity index (χ3n) is 4.36. The van der Waals surface area contributed by atoms with E-state index < -0.39 is 35.8 Å². The van der Waals surface area contributed by atoms with E-state index in [1.807, 2.05) is 0 Å². The Morgan fingerprint density at radius 2 is 1.52 bits per heavy atom. The van der Waals surface area contributed by atoms with Gasteiger partial charge in [-0.25, -0.2) is 4.79 Å². The van der Waals surface area contributed by atoms with Gasteiger partial charge in [0.2, 0.25) is 0 Å². The van der Waals surface area contributed by atoms with E-state index in [2.05, 4.69) is 0 Å². The van der Waals surface area contributed by atoms with Crippen molar-refractivity contribution < 1.29 is 37.0 Å². The summed E-state index contributed by atoms with van der Waals surface area (Å²) in [6, 6.07) is 5.50. The molecule has 31 heavy (non-hydrogen) atoms. The van der Waals surface area contributed by atoms with Gasteiger partial charge in [-0.3, -0.25) is 9.59 Å². The molecule has 0 aromatic heterocycles. The predicted octanol–water partition coefficient (Wildman–Crippen LogP) is 2.10. The van der Waals surface area contributed by atoms with Crippen LogP contribution in [0, 0.1) is 0 Å². The number of nitrogens with zero attached hydrogens (tertiary/aromatic N) is 2. The van der Waals surface area contributed by atoms with E-state index in [0.717, 1.165) is 5.56 Å². The minimum atomic E-state index is -4.93. The van der Waals surface area contributed by atoms with Crippen LogP contribution in [0.2, 0.25) is 0 Å². The van der Waals surface area contributed by atoms with E-state index in [1.54, 1.807) is 32.9 Å². The molecular formula is C20H26F3N3O5. The molecule has 1 aliphatic heterocycles. The summed E-state index contributed by atoms with van der Waals surface area (Å²) in [4.78, 5) is 37.3. The number of rotatable bonds is 4. The van der Waals surface area contributed by atoms with Crippen molar-refractivity contribution in [3.05, 3.63) is 29.8 Å². The predicted molar refractivity (Wildman–Crippen MR) is 104 cm³/mol. The molecule has 0 spiro atoms. The third-order valence-corrected chi connectivity index (χ3v) is 4.36. The monoisotopic (exact) mass is 445 g/mol. The summed E-state index contributed by atoms with van der Waals surface area (Å²) in [5.74, 6) is -2.21. The van der Waals surface area contributed by atoms with Gasteiger partial charge >= 0.3 is 24.1 Å². The highest BCUT2D eigenvalue weighted by Crippen LogP contribution is 2.20. The van der Waals surface area contributed by atoms with Crippen LogP contribution in [0.15, 0.2) is 24.3 Å². The van der Waals surface area contributed by atoms with Crippen molar-refractivity contribution in [1.29, 1.82) is 0 Å². The zero-order valence-corrected chi connectivity index (χ0v) is 17.6. The van der Waals surface area contributed by atoms with Crippen LogP contribution in [0.5, 0.6) is 5.75 Å². The van der Waals surface area contributed by atoms with Crippen LogP contribution in [0.1, 0.15) is 26.3 Å². The molecule has 8 nitrogen and oxygen atoms in total. The molecule has 1 heterocycles. The fourth-order valence-corrected chi connectivity index (χ4v) is 2.85. The molecule has 2 amide bonds. The summed E-state index contributed by atoms with van der Waals surface area (Å²) in [5.41, 5.74) is 5.96. The summed E-state index contributed by atoms with van der Waals surface area (Å²) in [7, 11) is 0. The van der Waals surface area contributed by atoms with Crippen molar-refractivity contribution in [3.63, 3.8) is 0 Å². The number of piperazine rings is 1. The van der Waals surface area contributed by atoms with Crippen molar-refractivity contribution in [2.24, 2.45) is 5.73 Å². The standard InChI is InChI=1S/C20H26F3N3O5/c1-19(2,3)31-16(27)15(24)12-13-4-6-14(7-5-13)30-18(29)26-10-8-25(9-11-26)17(28)20(21,22)23/h4-7,15H,8-12,24H2,1-3H3/t15-/m0/s1. The molecule has 1 fully saturated rings. The van der Waals surface area contributed by atoms with E-state index in [1.165, 1.54) is 17.0 Å². The number of nitrogens with two attached hydrogens (primary N) is 1. The number of amides is 2. The van der Waals surface area contributed by atoms with Gasteiger partial charge in [0, 0.05) is 26.2 Å². The number of ether oxygens (including phenoxy) is 2. The fourth-order valence-electron chi connectivity index (χ4n) is 2.85. The highest BCUT2D eigenvalue weighted by atomic mass is 19.4. The SMILES string of the molecule is CC(C)(C)OC(=O)[C@@H](N)Cc1ccc(OC(=O)N2CCN(C(=O)C(F)(F)F)CC2)cc1. The molecule has 2 N–H and O–H groups in total. The first kappa shape index (κ1) is 24.4. The summed E-state index contributed by atoms with van der Waals surface area (Å²) in [5, 5.41) is 0. The summed E-state index contributed by atoms with van der Waals surface area (Å²) >= 11 is 0. The zero-order chi connectivity index (χ0) is 23.4. The molecule has 1 aromatic rings. The van der Waals surface area contributed by atoms with Gasteiger partial charge in [0.1, 0.15) is 17.4 Å². The lowest BCUT2D eigenvalue weighted by Crippen LogP contribution is -2.54. The maximum Gasteiger partial charge on any atom is 0.471 e. The number of benzene rings is 1. The number of carbonyl (C=O) groups is 3. The average Bonchev–Trinajstić information content (AvgIpc) is 2.67. The topological polar surface area (TPSA) is 102 Å². The largest absolute Gasteiger partial charge is 0.471 e. The van der Waals surface area contributed by atoms with Crippen LogP contribution in [0.3, 0.4) is 0 Å². The molecule has 2 rings (SSSR count). The second kappa shape index (κ2) is 9.54. The quantitative estimate of drug-likeness (QED) is 0.713. The Morgan fingerprint density at radius 1 is 1.00 bits per heavy atom. The Kier molecular flexibility index (Phi) is 7.53. The number of esters is 1. The smallest absolute Gasteiger partial charge is 0.459 e. The molecule has 0 aliphatic carbocycles. The van der Waals surface area contributed by atoms with E-state index in [0.29, 0.717) is 4.90 Å². The van der Waals surface area contributed by atoms with Crippen LogP contribution in [-0.4, -0.2) is 71.8 Å². The molecule has 0 bridgehead atoms. The minimum Gasteiger partial charge on any atom is -0.459 e. The Balaban J connectivity index is 1.84. The van der Waals surface area contributed by atoms with Crippen molar-refractivity contribution >= 4 is 18.0 Å². The van der Waals surface area contributed by atoms with Gasteiger partial charge in [-0.15, -0.1) is 0 Å².